The molecule has 0 spiro atoms. The summed E-state index contributed by atoms with van der Waals surface area (Å²) < 4.78 is 5.16. The monoisotopic (exact) mass is 230 g/mol. The van der Waals surface area contributed by atoms with E-state index in [2.05, 4.69) is 37.8 Å². The Morgan fingerprint density at radius 1 is 1.41 bits per heavy atom. The summed E-state index contributed by atoms with van der Waals surface area (Å²) >= 11 is 0. The number of ether oxygens (including phenoxy) is 1. The number of hydrogen-bond donors (Lipinski definition) is 1. The van der Waals surface area contributed by atoms with Gasteiger partial charge in [0.2, 0.25) is 0 Å². The molecule has 1 heterocycles. The van der Waals surface area contributed by atoms with E-state index in [1.165, 1.54) is 5.56 Å². The number of rotatable bonds is 1. The van der Waals surface area contributed by atoms with Crippen LogP contribution >= 0.6 is 0 Å². The third-order valence-electron chi connectivity index (χ3n) is 2.99. The molecule has 2 heteroatoms. The molecular formula is C15H18O2. The van der Waals surface area contributed by atoms with Crippen molar-refractivity contribution in [2.24, 2.45) is 0 Å². The van der Waals surface area contributed by atoms with Crippen molar-refractivity contribution in [2.75, 3.05) is 13.2 Å². The summed E-state index contributed by atoms with van der Waals surface area (Å²) in [6.45, 7) is 5.23. The molecule has 90 valence electrons. The average molecular weight is 230 g/mol. The van der Waals surface area contributed by atoms with Gasteiger partial charge in [-0.2, -0.15) is 0 Å². The van der Waals surface area contributed by atoms with Gasteiger partial charge >= 0.3 is 0 Å². The molecule has 1 fully saturated rings. The molecule has 1 aliphatic heterocycles. The van der Waals surface area contributed by atoms with Crippen LogP contribution in [0.5, 0.6) is 0 Å². The molecule has 2 rings (SSSR count). The maximum absolute atomic E-state index is 10.0. The van der Waals surface area contributed by atoms with Gasteiger partial charge < -0.3 is 9.84 Å². The minimum absolute atomic E-state index is 0.323. The van der Waals surface area contributed by atoms with Gasteiger partial charge in [-0.15, -0.1) is 0 Å². The molecular weight excluding hydrogens is 212 g/mol. The van der Waals surface area contributed by atoms with Crippen LogP contribution in [0.1, 0.15) is 37.3 Å². The number of hydrogen-bond acceptors (Lipinski definition) is 2. The lowest BCUT2D eigenvalue weighted by Crippen LogP contribution is -2.26. The Morgan fingerprint density at radius 2 is 2.24 bits per heavy atom. The van der Waals surface area contributed by atoms with Crippen molar-refractivity contribution >= 4 is 0 Å². The van der Waals surface area contributed by atoms with Crippen LogP contribution in [-0.2, 0) is 4.74 Å². The molecule has 1 N–H and O–H groups in total. The topological polar surface area (TPSA) is 29.5 Å². The fraction of sp³-hybridized carbons (Fsp3) is 0.467. The molecule has 1 unspecified atom stereocenters. The smallest absolute Gasteiger partial charge is 0.151 e. The molecule has 0 saturated carbocycles. The van der Waals surface area contributed by atoms with Gasteiger partial charge in [0.25, 0.3) is 0 Å². The van der Waals surface area contributed by atoms with Gasteiger partial charge in [-0.05, 0) is 23.6 Å². The largest absolute Gasteiger partial charge is 0.377 e. The molecule has 1 atom stereocenters. The summed E-state index contributed by atoms with van der Waals surface area (Å²) in [5.74, 6) is 6.46. The predicted molar refractivity (Wildman–Crippen MR) is 67.8 cm³/mol. The molecule has 1 aromatic rings. The second-order valence-corrected chi connectivity index (χ2v) is 4.86. The summed E-state index contributed by atoms with van der Waals surface area (Å²) in [5, 5.41) is 10.0. The lowest BCUT2D eigenvalue weighted by atomic mass is 10.00. The third-order valence-corrected chi connectivity index (χ3v) is 2.99. The van der Waals surface area contributed by atoms with Crippen molar-refractivity contribution in [3.8, 4) is 11.8 Å². The van der Waals surface area contributed by atoms with Gasteiger partial charge in [-0.1, -0.05) is 37.8 Å². The minimum atomic E-state index is -0.951. The highest BCUT2D eigenvalue weighted by Crippen LogP contribution is 2.18. The first-order valence-electron chi connectivity index (χ1n) is 6.02. The van der Waals surface area contributed by atoms with Crippen molar-refractivity contribution in [2.45, 2.75) is 31.8 Å². The summed E-state index contributed by atoms with van der Waals surface area (Å²) in [7, 11) is 0. The minimum Gasteiger partial charge on any atom is -0.377 e. The van der Waals surface area contributed by atoms with E-state index < -0.39 is 5.60 Å². The lowest BCUT2D eigenvalue weighted by Gasteiger charge is -2.11. The Kier molecular flexibility index (Phi) is 3.51. The normalized spacial score (nSPS) is 23.5. The predicted octanol–water partition coefficient (Wildman–Crippen LogP) is 2.31. The van der Waals surface area contributed by atoms with Gasteiger partial charge in [-0.3, -0.25) is 0 Å². The molecule has 0 bridgehead atoms. The standard InChI is InChI=1S/C15H18O2/c1-12(2)14-5-3-4-13(10-14)6-7-15(16)8-9-17-11-15/h3-5,10,12,16H,8-9,11H2,1-2H3. The van der Waals surface area contributed by atoms with E-state index in [0.717, 1.165) is 5.56 Å². The molecule has 1 saturated heterocycles. The van der Waals surface area contributed by atoms with E-state index in [1.54, 1.807) is 0 Å². The highest BCUT2D eigenvalue weighted by molar-refractivity contribution is 5.39. The maximum Gasteiger partial charge on any atom is 0.151 e. The fourth-order valence-corrected chi connectivity index (χ4v) is 1.82. The molecule has 1 aliphatic rings. The second kappa shape index (κ2) is 4.91. The van der Waals surface area contributed by atoms with Gasteiger partial charge in [0.15, 0.2) is 5.60 Å². The molecule has 0 aromatic heterocycles. The highest BCUT2D eigenvalue weighted by Gasteiger charge is 2.29. The Labute approximate surface area is 103 Å². The maximum atomic E-state index is 10.0. The van der Waals surface area contributed by atoms with Gasteiger partial charge in [0.05, 0.1) is 13.2 Å². The zero-order valence-electron chi connectivity index (χ0n) is 10.4. The lowest BCUT2D eigenvalue weighted by molar-refractivity contribution is 0.0765. The zero-order chi connectivity index (χ0) is 12.3. The Morgan fingerprint density at radius 3 is 2.88 bits per heavy atom. The van der Waals surface area contributed by atoms with Crippen molar-refractivity contribution in [3.05, 3.63) is 35.4 Å². The van der Waals surface area contributed by atoms with Gasteiger partial charge in [-0.25, -0.2) is 0 Å². The van der Waals surface area contributed by atoms with E-state index in [4.69, 9.17) is 4.74 Å². The van der Waals surface area contributed by atoms with Crippen LogP contribution in [0, 0.1) is 11.8 Å². The van der Waals surface area contributed by atoms with Crippen LogP contribution in [0.15, 0.2) is 24.3 Å². The summed E-state index contributed by atoms with van der Waals surface area (Å²) in [5.41, 5.74) is 1.27. The number of aliphatic hydroxyl groups is 1. The van der Waals surface area contributed by atoms with Crippen LogP contribution < -0.4 is 0 Å². The van der Waals surface area contributed by atoms with Crippen molar-refractivity contribution in [1.29, 1.82) is 0 Å². The average Bonchev–Trinajstić information content (AvgIpc) is 2.75. The fourth-order valence-electron chi connectivity index (χ4n) is 1.82. The summed E-state index contributed by atoms with van der Waals surface area (Å²) in [6, 6.07) is 8.16. The first-order valence-corrected chi connectivity index (χ1v) is 6.02. The highest BCUT2D eigenvalue weighted by atomic mass is 16.5. The SMILES string of the molecule is CC(C)c1cccc(C#CC2(O)CCOC2)c1. The summed E-state index contributed by atoms with van der Waals surface area (Å²) in [4.78, 5) is 0. The Bertz CT molecular complexity index is 445. The zero-order valence-corrected chi connectivity index (χ0v) is 10.4. The van der Waals surface area contributed by atoms with Crippen molar-refractivity contribution in [1.82, 2.24) is 0 Å². The Hall–Kier alpha value is -1.30. The van der Waals surface area contributed by atoms with Gasteiger partial charge in [0.1, 0.15) is 0 Å². The molecule has 0 amide bonds. The van der Waals surface area contributed by atoms with E-state index in [0.29, 0.717) is 25.6 Å². The first-order chi connectivity index (χ1) is 8.09. The molecule has 0 radical (unpaired) electrons. The summed E-state index contributed by atoms with van der Waals surface area (Å²) in [6.07, 6.45) is 0.601. The van der Waals surface area contributed by atoms with Crippen LogP contribution in [0.2, 0.25) is 0 Å². The molecule has 0 aliphatic carbocycles. The number of benzene rings is 1. The van der Waals surface area contributed by atoms with Crippen LogP contribution in [-0.4, -0.2) is 23.9 Å². The van der Waals surface area contributed by atoms with E-state index in [1.807, 2.05) is 12.1 Å². The molecule has 17 heavy (non-hydrogen) atoms. The second-order valence-electron chi connectivity index (χ2n) is 4.86. The van der Waals surface area contributed by atoms with Crippen LogP contribution in [0.25, 0.3) is 0 Å². The van der Waals surface area contributed by atoms with E-state index in [9.17, 15) is 5.11 Å². The third kappa shape index (κ3) is 3.09. The van der Waals surface area contributed by atoms with Crippen molar-refractivity contribution < 1.29 is 9.84 Å². The van der Waals surface area contributed by atoms with Crippen molar-refractivity contribution in [3.63, 3.8) is 0 Å². The van der Waals surface area contributed by atoms with E-state index in [-0.39, 0.29) is 0 Å². The Balaban J connectivity index is 2.18. The van der Waals surface area contributed by atoms with Gasteiger partial charge in [0, 0.05) is 12.0 Å². The van der Waals surface area contributed by atoms with Crippen LogP contribution in [0.4, 0.5) is 0 Å². The molecule has 2 nitrogen and oxygen atoms in total. The van der Waals surface area contributed by atoms with Crippen LogP contribution in [0.3, 0.4) is 0 Å². The molecule has 1 aromatic carbocycles. The quantitative estimate of drug-likeness (QED) is 0.750. The van der Waals surface area contributed by atoms with E-state index >= 15 is 0 Å². The first kappa shape index (κ1) is 12.2.